The Morgan fingerprint density at radius 1 is 1.14 bits per heavy atom. The average molecular weight is 303 g/mol. The third kappa shape index (κ3) is 5.10. The van der Waals surface area contributed by atoms with Gasteiger partial charge in [0.15, 0.2) is 0 Å². The zero-order valence-corrected chi connectivity index (χ0v) is 14.4. The number of hydrogen-bond donors (Lipinski definition) is 1. The smallest absolute Gasteiger partial charge is 0.0462 e. The van der Waals surface area contributed by atoms with Crippen molar-refractivity contribution in [2.75, 3.05) is 13.7 Å². The van der Waals surface area contributed by atoms with Crippen molar-refractivity contribution in [2.45, 2.75) is 76.2 Å². The highest BCUT2D eigenvalue weighted by molar-refractivity contribution is 5.27. The van der Waals surface area contributed by atoms with Crippen molar-refractivity contribution in [3.63, 3.8) is 0 Å². The second-order valence-corrected chi connectivity index (χ2v) is 7.05. The Bertz CT molecular complexity index is 428. The zero-order chi connectivity index (χ0) is 15.8. The molecule has 0 spiro atoms. The highest BCUT2D eigenvalue weighted by atomic mass is 16.5. The van der Waals surface area contributed by atoms with Gasteiger partial charge in [-0.2, -0.15) is 0 Å². The van der Waals surface area contributed by atoms with E-state index in [1.54, 1.807) is 7.11 Å². The quantitative estimate of drug-likeness (QED) is 0.664. The number of nitrogens with two attached hydrogens (primary N) is 1. The van der Waals surface area contributed by atoms with Crippen LogP contribution in [0, 0.1) is 0 Å². The maximum Gasteiger partial charge on any atom is 0.0462 e. The van der Waals surface area contributed by atoms with Crippen molar-refractivity contribution in [2.24, 2.45) is 5.73 Å². The van der Waals surface area contributed by atoms with Crippen molar-refractivity contribution < 1.29 is 4.74 Å². The minimum Gasteiger partial charge on any atom is -0.385 e. The lowest BCUT2D eigenvalue weighted by molar-refractivity contribution is 0.192. The molecule has 1 aliphatic carbocycles. The highest BCUT2D eigenvalue weighted by Crippen LogP contribution is 2.41. The Balaban J connectivity index is 1.74. The lowest BCUT2D eigenvalue weighted by atomic mass is 9.91. The molecule has 1 aromatic carbocycles. The zero-order valence-electron chi connectivity index (χ0n) is 14.4. The van der Waals surface area contributed by atoms with E-state index >= 15 is 0 Å². The normalized spacial score (nSPS) is 24.8. The first-order valence-corrected chi connectivity index (χ1v) is 9.03. The van der Waals surface area contributed by atoms with Gasteiger partial charge in [-0.3, -0.25) is 0 Å². The Labute approximate surface area is 136 Å². The number of hydrogen-bond acceptors (Lipinski definition) is 2. The van der Waals surface area contributed by atoms with Crippen LogP contribution in [0.5, 0.6) is 0 Å². The van der Waals surface area contributed by atoms with Gasteiger partial charge in [0.2, 0.25) is 0 Å². The maximum absolute atomic E-state index is 6.42. The Hall–Kier alpha value is -0.860. The van der Waals surface area contributed by atoms with Crippen LogP contribution in [0.3, 0.4) is 0 Å². The van der Waals surface area contributed by atoms with E-state index in [-0.39, 0.29) is 5.54 Å². The number of unbranched alkanes of at least 4 members (excludes halogenated alkanes) is 3. The summed E-state index contributed by atoms with van der Waals surface area (Å²) in [5.74, 6) is 0.674. The van der Waals surface area contributed by atoms with E-state index in [1.165, 1.54) is 56.1 Å². The first-order valence-electron chi connectivity index (χ1n) is 9.03. The summed E-state index contributed by atoms with van der Waals surface area (Å²) in [4.78, 5) is 0. The number of methoxy groups -OCH3 is 1. The number of aryl methyl sites for hydroxylation is 1. The van der Waals surface area contributed by atoms with Gasteiger partial charge in [-0.15, -0.1) is 0 Å². The van der Waals surface area contributed by atoms with Gasteiger partial charge in [0.25, 0.3) is 0 Å². The molecule has 0 unspecified atom stereocenters. The lowest BCUT2D eigenvalue weighted by Crippen LogP contribution is -2.35. The van der Waals surface area contributed by atoms with Gasteiger partial charge in [-0.1, -0.05) is 44.0 Å². The van der Waals surface area contributed by atoms with Gasteiger partial charge >= 0.3 is 0 Å². The van der Waals surface area contributed by atoms with Crippen molar-refractivity contribution in [3.05, 3.63) is 35.4 Å². The number of benzene rings is 1. The summed E-state index contributed by atoms with van der Waals surface area (Å²) in [6, 6.07) is 9.33. The molecule has 1 fully saturated rings. The second-order valence-electron chi connectivity index (χ2n) is 7.05. The molecule has 22 heavy (non-hydrogen) atoms. The van der Waals surface area contributed by atoms with Gasteiger partial charge in [-0.05, 0) is 62.0 Å². The molecule has 124 valence electrons. The fourth-order valence-electron chi connectivity index (χ4n) is 3.65. The van der Waals surface area contributed by atoms with E-state index in [0.717, 1.165) is 19.4 Å². The summed E-state index contributed by atoms with van der Waals surface area (Å²) < 4.78 is 5.08. The van der Waals surface area contributed by atoms with Crippen LogP contribution < -0.4 is 5.73 Å². The molecule has 2 heteroatoms. The van der Waals surface area contributed by atoms with Gasteiger partial charge in [0, 0.05) is 19.3 Å². The predicted octanol–water partition coefficient (Wildman–Crippen LogP) is 4.81. The maximum atomic E-state index is 6.42. The van der Waals surface area contributed by atoms with E-state index in [2.05, 4.69) is 31.2 Å². The molecule has 2 rings (SSSR count). The van der Waals surface area contributed by atoms with Crippen LogP contribution in [-0.2, 0) is 11.2 Å². The third-order valence-electron chi connectivity index (χ3n) is 5.36. The average Bonchev–Trinajstić information content (AvgIpc) is 2.94. The van der Waals surface area contributed by atoms with Crippen LogP contribution in [0.1, 0.15) is 75.3 Å². The summed E-state index contributed by atoms with van der Waals surface area (Å²) in [5, 5.41) is 0. The molecule has 0 aliphatic heterocycles. The van der Waals surface area contributed by atoms with Gasteiger partial charge < -0.3 is 10.5 Å². The predicted molar refractivity (Wildman–Crippen MR) is 94.3 cm³/mol. The molecule has 2 N–H and O–H groups in total. The van der Waals surface area contributed by atoms with Crippen molar-refractivity contribution >= 4 is 0 Å². The van der Waals surface area contributed by atoms with Crippen LogP contribution in [0.2, 0.25) is 0 Å². The summed E-state index contributed by atoms with van der Waals surface area (Å²) >= 11 is 0. The minimum atomic E-state index is 0.0888. The molecule has 1 aliphatic rings. The topological polar surface area (TPSA) is 35.2 Å². The van der Waals surface area contributed by atoms with Crippen LogP contribution in [0.25, 0.3) is 0 Å². The minimum absolute atomic E-state index is 0.0888. The van der Waals surface area contributed by atoms with Gasteiger partial charge in [0.1, 0.15) is 0 Å². The van der Waals surface area contributed by atoms with Crippen molar-refractivity contribution in [3.8, 4) is 0 Å². The fourth-order valence-corrected chi connectivity index (χ4v) is 3.65. The van der Waals surface area contributed by atoms with Crippen LogP contribution >= 0.6 is 0 Å². The first kappa shape index (κ1) is 17.5. The molecule has 1 aromatic rings. The van der Waals surface area contributed by atoms with E-state index in [9.17, 15) is 0 Å². The van der Waals surface area contributed by atoms with E-state index in [1.807, 2.05) is 0 Å². The Morgan fingerprint density at radius 3 is 2.50 bits per heavy atom. The molecule has 1 saturated carbocycles. The molecule has 0 heterocycles. The van der Waals surface area contributed by atoms with Crippen molar-refractivity contribution in [1.82, 2.24) is 0 Å². The monoisotopic (exact) mass is 303 g/mol. The highest BCUT2D eigenvalue weighted by Gasteiger charge is 2.34. The van der Waals surface area contributed by atoms with E-state index in [4.69, 9.17) is 10.5 Å². The fraction of sp³-hybridized carbons (Fsp3) is 0.700. The standard InChI is InChI=1S/C20H33NO/c1-3-20(21)14-13-19(16-20)18-11-9-17(10-12-18)8-6-4-5-7-15-22-2/h9-12,19H,3-8,13-16,21H2,1-2H3/t19-,20-/m1/s1. The largest absolute Gasteiger partial charge is 0.385 e. The molecule has 0 radical (unpaired) electrons. The van der Waals surface area contributed by atoms with Crippen LogP contribution in [-0.4, -0.2) is 19.3 Å². The Kier molecular flexibility index (Phi) is 6.91. The second kappa shape index (κ2) is 8.69. The molecule has 0 bridgehead atoms. The molecule has 0 aromatic heterocycles. The lowest BCUT2D eigenvalue weighted by Gasteiger charge is -2.22. The Morgan fingerprint density at radius 2 is 1.86 bits per heavy atom. The summed E-state index contributed by atoms with van der Waals surface area (Å²) in [5.41, 5.74) is 9.48. The summed E-state index contributed by atoms with van der Waals surface area (Å²) in [6.45, 7) is 3.12. The van der Waals surface area contributed by atoms with Gasteiger partial charge in [0.05, 0.1) is 0 Å². The van der Waals surface area contributed by atoms with E-state index in [0.29, 0.717) is 5.92 Å². The summed E-state index contributed by atoms with van der Waals surface area (Å²) in [7, 11) is 1.78. The molecule has 2 nitrogen and oxygen atoms in total. The summed E-state index contributed by atoms with van der Waals surface area (Å²) in [6.07, 6.45) is 11.0. The molecule has 0 saturated heterocycles. The van der Waals surface area contributed by atoms with Crippen molar-refractivity contribution in [1.29, 1.82) is 0 Å². The molecular weight excluding hydrogens is 270 g/mol. The van der Waals surface area contributed by atoms with Crippen LogP contribution in [0.15, 0.2) is 24.3 Å². The number of ether oxygens (including phenoxy) is 1. The molecule has 0 amide bonds. The first-order chi connectivity index (χ1) is 10.7. The van der Waals surface area contributed by atoms with Gasteiger partial charge in [-0.25, -0.2) is 0 Å². The number of rotatable bonds is 9. The molecular formula is C20H33NO. The third-order valence-corrected chi connectivity index (χ3v) is 5.36. The van der Waals surface area contributed by atoms with Crippen LogP contribution in [0.4, 0.5) is 0 Å². The SMILES string of the molecule is CC[C@@]1(N)CC[C@@H](c2ccc(CCCCCCOC)cc2)C1. The van der Waals surface area contributed by atoms with E-state index < -0.39 is 0 Å². The molecule has 2 atom stereocenters.